The van der Waals surface area contributed by atoms with Crippen molar-refractivity contribution in [2.24, 2.45) is 5.92 Å². The Kier molecular flexibility index (Phi) is 2.09. The number of allylic oxidation sites excluding steroid dienone is 4. The molecule has 0 saturated heterocycles. The zero-order valence-corrected chi connectivity index (χ0v) is 8.12. The standard InChI is InChI=1S/C12H15N/c1-9(2)10-7-8-13-12-6-4-3-5-11(10)12/h3-9,12-13H,1-2H3. The van der Waals surface area contributed by atoms with Gasteiger partial charge >= 0.3 is 0 Å². The summed E-state index contributed by atoms with van der Waals surface area (Å²) in [5.41, 5.74) is 2.87. The molecule has 1 heteroatoms. The largest absolute Gasteiger partial charge is 0.381 e. The SMILES string of the molecule is CC(C)C1=C2C=CC=CC2NC=C1. The lowest BCUT2D eigenvalue weighted by Gasteiger charge is -2.26. The smallest absolute Gasteiger partial charge is 0.0698 e. The molecule has 1 aliphatic heterocycles. The van der Waals surface area contributed by atoms with E-state index < -0.39 is 0 Å². The molecule has 1 unspecified atom stereocenters. The molecule has 0 spiro atoms. The molecule has 0 radical (unpaired) electrons. The number of hydrogen-bond acceptors (Lipinski definition) is 1. The maximum Gasteiger partial charge on any atom is 0.0698 e. The van der Waals surface area contributed by atoms with Gasteiger partial charge in [-0.05, 0) is 29.3 Å². The molecule has 1 aliphatic carbocycles. The molecule has 68 valence electrons. The third-order valence-electron chi connectivity index (χ3n) is 2.52. The minimum atomic E-state index is 0.396. The first-order chi connectivity index (χ1) is 6.29. The van der Waals surface area contributed by atoms with Gasteiger partial charge in [0.05, 0.1) is 6.04 Å². The van der Waals surface area contributed by atoms with Crippen molar-refractivity contribution < 1.29 is 0 Å². The van der Waals surface area contributed by atoms with Crippen LogP contribution in [0.1, 0.15) is 13.8 Å². The number of hydrogen-bond donors (Lipinski definition) is 1. The van der Waals surface area contributed by atoms with E-state index in [0.717, 1.165) is 0 Å². The second kappa shape index (κ2) is 3.25. The molecule has 2 aliphatic rings. The molecule has 13 heavy (non-hydrogen) atoms. The fourth-order valence-corrected chi connectivity index (χ4v) is 1.83. The Bertz CT molecular complexity index is 316. The highest BCUT2D eigenvalue weighted by Crippen LogP contribution is 2.25. The Balaban J connectivity index is 2.41. The molecule has 0 amide bonds. The van der Waals surface area contributed by atoms with E-state index in [-0.39, 0.29) is 0 Å². The molecule has 0 aromatic heterocycles. The average molecular weight is 173 g/mol. The first-order valence-corrected chi connectivity index (χ1v) is 4.80. The van der Waals surface area contributed by atoms with E-state index in [4.69, 9.17) is 0 Å². The Morgan fingerprint density at radius 2 is 2.08 bits per heavy atom. The van der Waals surface area contributed by atoms with Crippen molar-refractivity contribution in [2.45, 2.75) is 19.9 Å². The van der Waals surface area contributed by atoms with Gasteiger partial charge in [0.2, 0.25) is 0 Å². The Morgan fingerprint density at radius 3 is 2.85 bits per heavy atom. The van der Waals surface area contributed by atoms with Gasteiger partial charge in [0, 0.05) is 0 Å². The molecule has 0 bridgehead atoms. The highest BCUT2D eigenvalue weighted by atomic mass is 14.9. The first-order valence-electron chi connectivity index (χ1n) is 4.80. The van der Waals surface area contributed by atoms with E-state index in [2.05, 4.69) is 49.5 Å². The quantitative estimate of drug-likeness (QED) is 0.642. The Morgan fingerprint density at radius 1 is 1.23 bits per heavy atom. The van der Waals surface area contributed by atoms with Gasteiger partial charge in [-0.1, -0.05) is 38.2 Å². The molecule has 0 fully saturated rings. The van der Waals surface area contributed by atoms with Crippen LogP contribution in [0.5, 0.6) is 0 Å². The van der Waals surface area contributed by atoms with Crippen LogP contribution >= 0.6 is 0 Å². The number of fused-ring (bicyclic) bond motifs is 1. The van der Waals surface area contributed by atoms with Crippen LogP contribution < -0.4 is 5.32 Å². The summed E-state index contributed by atoms with van der Waals surface area (Å²) in [5, 5.41) is 3.33. The Hall–Kier alpha value is -1.24. The molecule has 0 aromatic carbocycles. The third kappa shape index (κ3) is 1.46. The van der Waals surface area contributed by atoms with Crippen LogP contribution in [0.2, 0.25) is 0 Å². The monoisotopic (exact) mass is 173 g/mol. The molecular formula is C12H15N. The van der Waals surface area contributed by atoms with Gasteiger partial charge in [0.25, 0.3) is 0 Å². The lowest BCUT2D eigenvalue weighted by atomic mass is 9.88. The van der Waals surface area contributed by atoms with Crippen molar-refractivity contribution in [1.29, 1.82) is 0 Å². The van der Waals surface area contributed by atoms with Crippen LogP contribution in [0.15, 0.2) is 47.7 Å². The van der Waals surface area contributed by atoms with Crippen LogP contribution in [0.3, 0.4) is 0 Å². The maximum atomic E-state index is 3.33. The van der Waals surface area contributed by atoms with Crippen LogP contribution in [0, 0.1) is 5.92 Å². The van der Waals surface area contributed by atoms with Crippen molar-refractivity contribution in [1.82, 2.24) is 5.32 Å². The normalized spacial score (nSPS) is 25.0. The topological polar surface area (TPSA) is 12.0 Å². The fraction of sp³-hybridized carbons (Fsp3) is 0.333. The maximum absolute atomic E-state index is 3.33. The predicted octanol–water partition coefficient (Wildman–Crippen LogP) is 2.55. The molecule has 1 nitrogen and oxygen atoms in total. The highest BCUT2D eigenvalue weighted by molar-refractivity contribution is 5.46. The van der Waals surface area contributed by atoms with Crippen LogP contribution in [-0.4, -0.2) is 6.04 Å². The van der Waals surface area contributed by atoms with E-state index in [1.165, 1.54) is 11.1 Å². The zero-order valence-electron chi connectivity index (χ0n) is 8.12. The second-order valence-electron chi connectivity index (χ2n) is 3.79. The summed E-state index contributed by atoms with van der Waals surface area (Å²) in [6, 6.07) is 0.396. The van der Waals surface area contributed by atoms with E-state index in [0.29, 0.717) is 12.0 Å². The number of nitrogens with one attached hydrogen (secondary N) is 1. The van der Waals surface area contributed by atoms with Gasteiger partial charge in [0.1, 0.15) is 0 Å². The molecule has 1 heterocycles. The lowest BCUT2D eigenvalue weighted by molar-refractivity contribution is 0.716. The van der Waals surface area contributed by atoms with Crippen molar-refractivity contribution in [3.8, 4) is 0 Å². The van der Waals surface area contributed by atoms with Crippen LogP contribution in [-0.2, 0) is 0 Å². The Labute approximate surface area is 79.5 Å². The lowest BCUT2D eigenvalue weighted by Crippen LogP contribution is -2.29. The zero-order chi connectivity index (χ0) is 9.26. The summed E-state index contributed by atoms with van der Waals surface area (Å²) >= 11 is 0. The van der Waals surface area contributed by atoms with Crippen LogP contribution in [0.4, 0.5) is 0 Å². The van der Waals surface area contributed by atoms with Crippen molar-refractivity contribution >= 4 is 0 Å². The van der Waals surface area contributed by atoms with Crippen LogP contribution in [0.25, 0.3) is 0 Å². The summed E-state index contributed by atoms with van der Waals surface area (Å²) in [5.74, 6) is 0.604. The van der Waals surface area contributed by atoms with Crippen molar-refractivity contribution in [3.63, 3.8) is 0 Å². The summed E-state index contributed by atoms with van der Waals surface area (Å²) in [7, 11) is 0. The fourth-order valence-electron chi connectivity index (χ4n) is 1.83. The number of rotatable bonds is 1. The van der Waals surface area contributed by atoms with Gasteiger partial charge in [-0.25, -0.2) is 0 Å². The third-order valence-corrected chi connectivity index (χ3v) is 2.52. The first kappa shape index (κ1) is 8.36. The summed E-state index contributed by atoms with van der Waals surface area (Å²) in [4.78, 5) is 0. The van der Waals surface area contributed by atoms with Crippen molar-refractivity contribution in [2.75, 3.05) is 0 Å². The molecule has 1 atom stereocenters. The van der Waals surface area contributed by atoms with Crippen molar-refractivity contribution in [3.05, 3.63) is 47.7 Å². The second-order valence-corrected chi connectivity index (χ2v) is 3.79. The summed E-state index contributed by atoms with van der Waals surface area (Å²) in [6.07, 6.45) is 12.8. The summed E-state index contributed by atoms with van der Waals surface area (Å²) in [6.45, 7) is 4.47. The van der Waals surface area contributed by atoms with Gasteiger partial charge in [-0.15, -0.1) is 0 Å². The molecule has 0 aromatic rings. The van der Waals surface area contributed by atoms with Gasteiger partial charge in [-0.3, -0.25) is 0 Å². The average Bonchev–Trinajstić information content (AvgIpc) is 2.17. The van der Waals surface area contributed by atoms with Gasteiger partial charge < -0.3 is 5.32 Å². The van der Waals surface area contributed by atoms with E-state index in [1.54, 1.807) is 0 Å². The summed E-state index contributed by atoms with van der Waals surface area (Å²) < 4.78 is 0. The molecule has 0 saturated carbocycles. The van der Waals surface area contributed by atoms with E-state index in [1.807, 2.05) is 6.20 Å². The molecule has 1 N–H and O–H groups in total. The molecular weight excluding hydrogens is 158 g/mol. The molecule has 2 rings (SSSR count). The number of dihydropyridines is 1. The predicted molar refractivity (Wildman–Crippen MR) is 56.2 cm³/mol. The van der Waals surface area contributed by atoms with Gasteiger partial charge in [0.15, 0.2) is 0 Å². The van der Waals surface area contributed by atoms with Gasteiger partial charge in [-0.2, -0.15) is 0 Å². The van der Waals surface area contributed by atoms with E-state index >= 15 is 0 Å². The van der Waals surface area contributed by atoms with E-state index in [9.17, 15) is 0 Å². The minimum Gasteiger partial charge on any atom is -0.381 e. The highest BCUT2D eigenvalue weighted by Gasteiger charge is 2.17. The minimum absolute atomic E-state index is 0.396.